The summed E-state index contributed by atoms with van der Waals surface area (Å²) < 4.78 is 0. The highest BCUT2D eigenvalue weighted by atomic mass is 32.1. The van der Waals surface area contributed by atoms with Gasteiger partial charge in [-0.15, -0.1) is 0 Å². The first kappa shape index (κ1) is 10.9. The monoisotopic (exact) mass is 221 g/mol. The molecule has 0 saturated heterocycles. The molecule has 0 aliphatic heterocycles. The fourth-order valence-corrected chi connectivity index (χ4v) is 2.83. The zero-order valence-electron chi connectivity index (χ0n) is 9.33. The Labute approximate surface area is 96.2 Å². The Morgan fingerprint density at radius 2 is 2.47 bits per heavy atom. The molecular weight excluding hydrogens is 202 g/mol. The third kappa shape index (κ3) is 2.70. The fraction of sp³-hybridized carbons (Fsp3) is 0.538. The van der Waals surface area contributed by atoms with E-state index in [0.717, 1.165) is 6.54 Å². The first-order valence-electron chi connectivity index (χ1n) is 5.86. The lowest BCUT2D eigenvalue weighted by Gasteiger charge is -2.19. The summed E-state index contributed by atoms with van der Waals surface area (Å²) in [5.41, 5.74) is 3.04. The normalized spacial score (nSPS) is 17.8. The van der Waals surface area contributed by atoms with Gasteiger partial charge in [-0.25, -0.2) is 0 Å². The van der Waals surface area contributed by atoms with E-state index in [1.165, 1.54) is 31.2 Å². The van der Waals surface area contributed by atoms with Crippen LogP contribution in [0.2, 0.25) is 0 Å². The summed E-state index contributed by atoms with van der Waals surface area (Å²) in [6.45, 7) is 3.33. The van der Waals surface area contributed by atoms with Crippen molar-refractivity contribution in [3.63, 3.8) is 0 Å². The van der Waals surface area contributed by atoms with Crippen molar-refractivity contribution in [3.05, 3.63) is 34.0 Å². The second-order valence-corrected chi connectivity index (χ2v) is 4.90. The molecule has 0 bridgehead atoms. The van der Waals surface area contributed by atoms with Crippen LogP contribution in [-0.2, 0) is 0 Å². The van der Waals surface area contributed by atoms with Gasteiger partial charge in [-0.05, 0) is 54.6 Å². The van der Waals surface area contributed by atoms with Crippen LogP contribution in [0.25, 0.3) is 0 Å². The standard InChI is InChI=1S/C13H19NS/c1-2-8-14-13(11-5-3-4-6-11)12-7-9-15-10-12/h5,7,9-10,13-14H,2-4,6,8H2,1H3. The van der Waals surface area contributed by atoms with Crippen LogP contribution in [0.15, 0.2) is 28.5 Å². The first-order valence-corrected chi connectivity index (χ1v) is 6.80. The Balaban J connectivity index is 2.09. The summed E-state index contributed by atoms with van der Waals surface area (Å²) >= 11 is 1.79. The molecule has 1 aliphatic carbocycles. The summed E-state index contributed by atoms with van der Waals surface area (Å²) in [7, 11) is 0. The molecule has 1 heterocycles. The molecule has 1 aromatic rings. The molecule has 1 aliphatic rings. The van der Waals surface area contributed by atoms with Gasteiger partial charge in [0.15, 0.2) is 0 Å². The Hall–Kier alpha value is -0.600. The molecule has 2 heteroatoms. The highest BCUT2D eigenvalue weighted by Crippen LogP contribution is 2.31. The van der Waals surface area contributed by atoms with Gasteiger partial charge >= 0.3 is 0 Å². The van der Waals surface area contributed by atoms with E-state index in [4.69, 9.17) is 0 Å². The SMILES string of the molecule is CCCNC(C1=CCCC1)c1ccsc1. The summed E-state index contributed by atoms with van der Waals surface area (Å²) in [6.07, 6.45) is 7.50. The van der Waals surface area contributed by atoms with Gasteiger partial charge in [-0.2, -0.15) is 11.3 Å². The summed E-state index contributed by atoms with van der Waals surface area (Å²) in [5, 5.41) is 8.09. The molecule has 0 saturated carbocycles. The minimum atomic E-state index is 0.485. The summed E-state index contributed by atoms with van der Waals surface area (Å²) in [4.78, 5) is 0. The van der Waals surface area contributed by atoms with Gasteiger partial charge in [0.25, 0.3) is 0 Å². The van der Waals surface area contributed by atoms with E-state index in [1.807, 2.05) is 0 Å². The van der Waals surface area contributed by atoms with E-state index in [1.54, 1.807) is 16.9 Å². The maximum absolute atomic E-state index is 3.65. The van der Waals surface area contributed by atoms with Gasteiger partial charge in [0, 0.05) is 0 Å². The molecule has 0 fully saturated rings. The number of allylic oxidation sites excluding steroid dienone is 1. The van der Waals surface area contributed by atoms with E-state index >= 15 is 0 Å². The average Bonchev–Trinajstić information content (AvgIpc) is 2.90. The van der Waals surface area contributed by atoms with Crippen LogP contribution >= 0.6 is 11.3 Å². The number of thiophene rings is 1. The number of hydrogen-bond donors (Lipinski definition) is 1. The lowest BCUT2D eigenvalue weighted by molar-refractivity contribution is 0.580. The van der Waals surface area contributed by atoms with Crippen molar-refractivity contribution >= 4 is 11.3 Å². The number of nitrogens with one attached hydrogen (secondary N) is 1. The van der Waals surface area contributed by atoms with Crippen molar-refractivity contribution in [1.29, 1.82) is 0 Å². The first-order chi connectivity index (χ1) is 7.42. The predicted octanol–water partition coefficient (Wildman–Crippen LogP) is 3.90. The Kier molecular flexibility index (Phi) is 3.98. The largest absolute Gasteiger partial charge is 0.307 e. The van der Waals surface area contributed by atoms with Gasteiger partial charge in [0.1, 0.15) is 0 Å². The van der Waals surface area contributed by atoms with Gasteiger partial charge in [0.2, 0.25) is 0 Å². The van der Waals surface area contributed by atoms with E-state index in [-0.39, 0.29) is 0 Å². The molecule has 1 unspecified atom stereocenters. The molecule has 0 aromatic carbocycles. The molecule has 1 nitrogen and oxygen atoms in total. The van der Waals surface area contributed by atoms with Crippen LogP contribution in [0.5, 0.6) is 0 Å². The molecule has 0 radical (unpaired) electrons. The second kappa shape index (κ2) is 5.47. The molecule has 0 amide bonds. The van der Waals surface area contributed by atoms with Crippen LogP contribution in [-0.4, -0.2) is 6.54 Å². The van der Waals surface area contributed by atoms with E-state index in [9.17, 15) is 0 Å². The number of rotatable bonds is 5. The van der Waals surface area contributed by atoms with Crippen LogP contribution in [0.3, 0.4) is 0 Å². The molecule has 0 spiro atoms. The number of hydrogen-bond acceptors (Lipinski definition) is 2. The van der Waals surface area contributed by atoms with Gasteiger partial charge in [-0.3, -0.25) is 0 Å². The van der Waals surface area contributed by atoms with Crippen LogP contribution in [0, 0.1) is 0 Å². The maximum Gasteiger partial charge on any atom is 0.0544 e. The van der Waals surface area contributed by atoms with Crippen LogP contribution < -0.4 is 5.32 Å². The van der Waals surface area contributed by atoms with Crippen molar-refractivity contribution < 1.29 is 0 Å². The highest BCUT2D eigenvalue weighted by molar-refractivity contribution is 7.08. The van der Waals surface area contributed by atoms with Crippen molar-refractivity contribution in [3.8, 4) is 0 Å². The second-order valence-electron chi connectivity index (χ2n) is 4.12. The lowest BCUT2D eigenvalue weighted by atomic mass is 10.0. The third-order valence-corrected chi connectivity index (χ3v) is 3.62. The zero-order chi connectivity index (χ0) is 10.5. The Bertz CT molecular complexity index is 313. The van der Waals surface area contributed by atoms with Gasteiger partial charge in [-0.1, -0.05) is 18.6 Å². The minimum absolute atomic E-state index is 0.485. The van der Waals surface area contributed by atoms with Crippen molar-refractivity contribution in [2.45, 2.75) is 38.6 Å². The van der Waals surface area contributed by atoms with Crippen molar-refractivity contribution in [2.75, 3.05) is 6.54 Å². The maximum atomic E-state index is 3.65. The molecule has 1 aromatic heterocycles. The Morgan fingerprint density at radius 3 is 3.07 bits per heavy atom. The summed E-state index contributed by atoms with van der Waals surface area (Å²) in [6, 6.07) is 2.73. The van der Waals surface area contributed by atoms with Gasteiger partial charge in [0.05, 0.1) is 6.04 Å². The quantitative estimate of drug-likeness (QED) is 0.744. The van der Waals surface area contributed by atoms with E-state index < -0.39 is 0 Å². The minimum Gasteiger partial charge on any atom is -0.307 e. The molecule has 1 N–H and O–H groups in total. The third-order valence-electron chi connectivity index (χ3n) is 2.92. The van der Waals surface area contributed by atoms with Crippen LogP contribution in [0.4, 0.5) is 0 Å². The molecule has 2 rings (SSSR count). The highest BCUT2D eigenvalue weighted by Gasteiger charge is 2.18. The fourth-order valence-electron chi connectivity index (χ4n) is 2.15. The van der Waals surface area contributed by atoms with Crippen molar-refractivity contribution in [1.82, 2.24) is 5.32 Å². The topological polar surface area (TPSA) is 12.0 Å². The molecule has 1 atom stereocenters. The molecular formula is C13H19NS. The van der Waals surface area contributed by atoms with Crippen LogP contribution in [0.1, 0.15) is 44.2 Å². The Morgan fingerprint density at radius 1 is 1.53 bits per heavy atom. The van der Waals surface area contributed by atoms with Crippen molar-refractivity contribution in [2.24, 2.45) is 0 Å². The van der Waals surface area contributed by atoms with E-state index in [0.29, 0.717) is 6.04 Å². The zero-order valence-corrected chi connectivity index (χ0v) is 10.1. The molecule has 15 heavy (non-hydrogen) atoms. The average molecular weight is 221 g/mol. The molecule has 82 valence electrons. The predicted molar refractivity (Wildman–Crippen MR) is 67.3 cm³/mol. The van der Waals surface area contributed by atoms with Gasteiger partial charge < -0.3 is 5.32 Å². The smallest absolute Gasteiger partial charge is 0.0544 e. The lowest BCUT2D eigenvalue weighted by Crippen LogP contribution is -2.23. The van der Waals surface area contributed by atoms with E-state index in [2.05, 4.69) is 35.1 Å². The summed E-state index contributed by atoms with van der Waals surface area (Å²) in [5.74, 6) is 0.